The smallest absolute Gasteiger partial charge is 0.459 e. The van der Waals surface area contributed by atoms with Crippen LogP contribution in [0, 0.1) is 0 Å². The zero-order chi connectivity index (χ0) is 33.7. The van der Waals surface area contributed by atoms with E-state index in [1.807, 2.05) is 0 Å². The highest BCUT2D eigenvalue weighted by molar-refractivity contribution is 7.46. The van der Waals surface area contributed by atoms with Gasteiger partial charge in [-0.3, -0.25) is 14.1 Å². The van der Waals surface area contributed by atoms with Gasteiger partial charge in [0, 0.05) is 12.8 Å². The van der Waals surface area contributed by atoms with E-state index in [1.54, 1.807) is 0 Å². The molecule has 0 saturated heterocycles. The molecule has 1 aliphatic rings. The third kappa shape index (κ3) is 25.1. The van der Waals surface area contributed by atoms with E-state index in [1.165, 1.54) is 128 Å². The van der Waals surface area contributed by atoms with Crippen LogP contribution in [0.25, 0.3) is 0 Å². The van der Waals surface area contributed by atoms with Gasteiger partial charge in [-0.1, -0.05) is 168 Å². The van der Waals surface area contributed by atoms with Gasteiger partial charge in [-0.05, 0) is 25.7 Å². The number of carbonyl (C=O) groups is 2. The van der Waals surface area contributed by atoms with Crippen LogP contribution in [0.3, 0.4) is 0 Å². The largest absolute Gasteiger partial charge is 0.470 e. The Morgan fingerprint density at radius 1 is 0.500 bits per heavy atom. The number of hydrogen-bond donors (Lipinski definition) is 2. The van der Waals surface area contributed by atoms with Crippen molar-refractivity contribution in [1.82, 2.24) is 0 Å². The first kappa shape index (κ1) is 43.1. The van der Waals surface area contributed by atoms with Crippen molar-refractivity contribution < 1.29 is 37.9 Å². The van der Waals surface area contributed by atoms with E-state index in [0.29, 0.717) is 12.8 Å². The molecule has 0 radical (unpaired) electrons. The fourth-order valence-electron chi connectivity index (χ4n) is 6.47. The lowest BCUT2D eigenvalue weighted by molar-refractivity contribution is -0.161. The number of carbonyl (C=O) groups excluding carboxylic acids is 2. The summed E-state index contributed by atoms with van der Waals surface area (Å²) >= 11 is 0. The van der Waals surface area contributed by atoms with E-state index in [2.05, 4.69) is 13.8 Å². The number of esters is 2. The predicted octanol–water partition coefficient (Wildman–Crippen LogP) is 11.0. The second kappa shape index (κ2) is 29.0. The van der Waals surface area contributed by atoms with E-state index in [0.717, 1.165) is 38.5 Å². The molecule has 0 aliphatic heterocycles. The molecule has 46 heavy (non-hydrogen) atoms. The van der Waals surface area contributed by atoms with Crippen LogP contribution in [-0.2, 0) is 28.2 Å². The topological polar surface area (TPSA) is 119 Å². The standard InChI is InChI=1S/C37H71O8P/c1-3-5-7-9-11-13-15-17-19-21-23-25-27-29-35(38)43-33-31-32-34(37(33)45-46(40,41)42)44-36(39)30-28-26-24-22-20-18-16-14-12-10-8-6-4-2/h33-34,37H,3-32H2,1-2H3,(H2,40,41,42). The second-order valence-electron chi connectivity index (χ2n) is 13.7. The van der Waals surface area contributed by atoms with Crippen LogP contribution in [-0.4, -0.2) is 40.0 Å². The van der Waals surface area contributed by atoms with Crippen molar-refractivity contribution in [2.75, 3.05) is 0 Å². The first-order chi connectivity index (χ1) is 22.3. The fraction of sp³-hybridized carbons (Fsp3) is 0.946. The normalized spacial score (nSPS) is 18.2. The van der Waals surface area contributed by atoms with Crippen LogP contribution >= 0.6 is 7.82 Å². The minimum absolute atomic E-state index is 0.264. The first-order valence-corrected chi connectivity index (χ1v) is 20.9. The van der Waals surface area contributed by atoms with Gasteiger partial charge in [0.15, 0.2) is 0 Å². The monoisotopic (exact) mass is 674 g/mol. The van der Waals surface area contributed by atoms with E-state index in [4.69, 9.17) is 14.0 Å². The molecule has 0 amide bonds. The molecule has 8 nitrogen and oxygen atoms in total. The summed E-state index contributed by atoms with van der Waals surface area (Å²) in [5, 5.41) is 0. The summed E-state index contributed by atoms with van der Waals surface area (Å²) in [7, 11) is -4.86. The van der Waals surface area contributed by atoms with Gasteiger partial charge in [-0.15, -0.1) is 0 Å². The predicted molar refractivity (Wildman–Crippen MR) is 187 cm³/mol. The van der Waals surface area contributed by atoms with Crippen LogP contribution in [0.4, 0.5) is 0 Å². The third-order valence-electron chi connectivity index (χ3n) is 9.26. The Kier molecular flexibility index (Phi) is 27.2. The summed E-state index contributed by atoms with van der Waals surface area (Å²) in [5.41, 5.74) is 0. The molecule has 0 aromatic rings. The van der Waals surface area contributed by atoms with Gasteiger partial charge in [-0.25, -0.2) is 4.57 Å². The molecule has 2 atom stereocenters. The Bertz CT molecular complexity index is 733. The van der Waals surface area contributed by atoms with Crippen molar-refractivity contribution in [2.24, 2.45) is 0 Å². The molecule has 272 valence electrons. The average Bonchev–Trinajstić information content (AvgIpc) is 3.36. The summed E-state index contributed by atoms with van der Waals surface area (Å²) in [4.78, 5) is 43.9. The number of unbranched alkanes of at least 4 members (excludes halogenated alkanes) is 24. The Morgan fingerprint density at radius 3 is 1.02 bits per heavy atom. The van der Waals surface area contributed by atoms with Crippen molar-refractivity contribution in [1.29, 1.82) is 0 Å². The number of ether oxygens (including phenoxy) is 2. The van der Waals surface area contributed by atoms with Crippen LogP contribution < -0.4 is 0 Å². The minimum Gasteiger partial charge on any atom is -0.459 e. The lowest BCUT2D eigenvalue weighted by Gasteiger charge is -2.25. The number of hydrogen-bond acceptors (Lipinski definition) is 6. The number of phosphoric acid groups is 1. The quantitative estimate of drug-likeness (QED) is 0.0411. The molecule has 0 bridgehead atoms. The maximum Gasteiger partial charge on any atom is 0.470 e. The highest BCUT2D eigenvalue weighted by Crippen LogP contribution is 2.43. The van der Waals surface area contributed by atoms with Crippen molar-refractivity contribution in [3.8, 4) is 0 Å². The Labute approximate surface area is 282 Å². The summed E-state index contributed by atoms with van der Waals surface area (Å²) in [6.45, 7) is 4.49. The van der Waals surface area contributed by atoms with E-state index >= 15 is 0 Å². The minimum atomic E-state index is -4.86. The fourth-order valence-corrected chi connectivity index (χ4v) is 7.06. The number of rotatable bonds is 32. The Balaban J connectivity index is 2.18. The van der Waals surface area contributed by atoms with Crippen molar-refractivity contribution in [2.45, 2.75) is 225 Å². The number of phosphoric ester groups is 1. The molecular weight excluding hydrogens is 603 g/mol. The zero-order valence-corrected chi connectivity index (χ0v) is 30.6. The van der Waals surface area contributed by atoms with Gasteiger partial charge in [0.2, 0.25) is 0 Å². The van der Waals surface area contributed by atoms with Gasteiger partial charge in [-0.2, -0.15) is 0 Å². The Hall–Kier alpha value is -0.950. The second-order valence-corrected chi connectivity index (χ2v) is 14.9. The third-order valence-corrected chi connectivity index (χ3v) is 9.78. The lowest BCUT2D eigenvalue weighted by Crippen LogP contribution is -2.37. The van der Waals surface area contributed by atoms with Gasteiger partial charge in [0.25, 0.3) is 0 Å². The SMILES string of the molecule is CCCCCCCCCCCCCCCC(=O)OC1CCC(OC(=O)CCCCCCCCCCCCCCC)C1OP(=O)(O)O. The molecule has 2 unspecified atom stereocenters. The van der Waals surface area contributed by atoms with Crippen molar-refractivity contribution in [3.05, 3.63) is 0 Å². The summed E-state index contributed by atoms with van der Waals surface area (Å²) < 4.78 is 27.8. The average molecular weight is 675 g/mol. The molecule has 2 N–H and O–H groups in total. The van der Waals surface area contributed by atoms with Crippen molar-refractivity contribution in [3.63, 3.8) is 0 Å². The first-order valence-electron chi connectivity index (χ1n) is 19.4. The summed E-state index contributed by atoms with van der Waals surface area (Å²) in [6, 6.07) is 0. The lowest BCUT2D eigenvalue weighted by atomic mass is 10.0. The zero-order valence-electron chi connectivity index (χ0n) is 29.7. The van der Waals surface area contributed by atoms with E-state index in [-0.39, 0.29) is 12.8 Å². The molecule has 9 heteroatoms. The maximum absolute atomic E-state index is 12.5. The van der Waals surface area contributed by atoms with E-state index in [9.17, 15) is 23.9 Å². The highest BCUT2D eigenvalue weighted by atomic mass is 31.2. The van der Waals surface area contributed by atoms with Crippen LogP contribution in [0.15, 0.2) is 0 Å². The van der Waals surface area contributed by atoms with Gasteiger partial charge in [0.05, 0.1) is 0 Å². The van der Waals surface area contributed by atoms with Gasteiger partial charge >= 0.3 is 19.8 Å². The van der Waals surface area contributed by atoms with Crippen molar-refractivity contribution >= 4 is 19.8 Å². The molecule has 1 aliphatic carbocycles. The maximum atomic E-state index is 12.5. The van der Waals surface area contributed by atoms with Crippen LogP contribution in [0.5, 0.6) is 0 Å². The molecule has 1 rings (SSSR count). The highest BCUT2D eigenvalue weighted by Gasteiger charge is 2.45. The molecule has 0 aromatic heterocycles. The molecule has 1 saturated carbocycles. The summed E-state index contributed by atoms with van der Waals surface area (Å²) in [5.74, 6) is -0.794. The molecule has 0 spiro atoms. The molecule has 1 fully saturated rings. The molecule has 0 heterocycles. The van der Waals surface area contributed by atoms with Crippen LogP contribution in [0.1, 0.15) is 206 Å². The van der Waals surface area contributed by atoms with Gasteiger partial charge < -0.3 is 19.3 Å². The Morgan fingerprint density at radius 2 is 0.761 bits per heavy atom. The summed E-state index contributed by atoms with van der Waals surface area (Å²) in [6.07, 6.45) is 30.1. The van der Waals surface area contributed by atoms with Gasteiger partial charge in [0.1, 0.15) is 18.3 Å². The van der Waals surface area contributed by atoms with Crippen LogP contribution in [0.2, 0.25) is 0 Å². The van der Waals surface area contributed by atoms with E-state index < -0.39 is 38.1 Å². The molecule has 0 aromatic carbocycles. The molecular formula is C37H71O8P.